The topological polar surface area (TPSA) is 54.4 Å². The Morgan fingerprint density at radius 2 is 2.12 bits per heavy atom. The van der Waals surface area contributed by atoms with Crippen molar-refractivity contribution in [1.29, 1.82) is 0 Å². The van der Waals surface area contributed by atoms with Gasteiger partial charge in [-0.2, -0.15) is 0 Å². The van der Waals surface area contributed by atoms with E-state index in [-0.39, 0.29) is 24.0 Å². The lowest BCUT2D eigenvalue weighted by Gasteiger charge is -2.18. The molecule has 1 N–H and O–H groups in total. The first-order chi connectivity index (χ1) is 12.0. The highest BCUT2D eigenvalue weighted by Crippen LogP contribution is 2.38. The molecule has 25 heavy (non-hydrogen) atoms. The molecule has 0 aliphatic heterocycles. The number of carbonyl (C=O) groups excluding carboxylic acids is 1. The van der Waals surface area contributed by atoms with Crippen LogP contribution >= 0.6 is 0 Å². The number of allylic oxidation sites excluding steroid dienone is 5. The standard InChI is InChI=1S/C22H30O3/c1-4-5-6-7-9-12-17(2)19-15-16-20(23)22(19)18(3)13-10-8-11-14-21(24)25/h7,10,13,19,22H,3-6,8,11,14-16H2,1-2H3,(H,24,25)/b13-10+,17-7?/t19-,22-/m1/s1. The van der Waals surface area contributed by atoms with Gasteiger partial charge in [0.25, 0.3) is 0 Å². The molecular formula is C22H30O3. The second kappa shape index (κ2) is 11.5. The zero-order valence-electron chi connectivity index (χ0n) is 15.5. The van der Waals surface area contributed by atoms with E-state index in [0.717, 1.165) is 30.4 Å². The maximum Gasteiger partial charge on any atom is 0.303 e. The summed E-state index contributed by atoms with van der Waals surface area (Å²) in [5.41, 5.74) is 8.20. The van der Waals surface area contributed by atoms with Crippen molar-refractivity contribution in [3.63, 3.8) is 0 Å². The van der Waals surface area contributed by atoms with Crippen LogP contribution in [0.4, 0.5) is 0 Å². The van der Waals surface area contributed by atoms with Crippen molar-refractivity contribution in [2.75, 3.05) is 0 Å². The van der Waals surface area contributed by atoms with Gasteiger partial charge in [0.1, 0.15) is 5.78 Å². The van der Waals surface area contributed by atoms with Gasteiger partial charge in [-0.1, -0.05) is 43.5 Å². The van der Waals surface area contributed by atoms with Crippen LogP contribution in [0.5, 0.6) is 0 Å². The van der Waals surface area contributed by atoms with E-state index in [2.05, 4.69) is 25.0 Å². The molecule has 0 unspecified atom stereocenters. The highest BCUT2D eigenvalue weighted by atomic mass is 16.4. The molecule has 0 amide bonds. The van der Waals surface area contributed by atoms with Crippen molar-refractivity contribution in [1.82, 2.24) is 0 Å². The van der Waals surface area contributed by atoms with Gasteiger partial charge < -0.3 is 5.11 Å². The fraction of sp³-hybridized carbons (Fsp3) is 0.545. The van der Waals surface area contributed by atoms with E-state index in [0.29, 0.717) is 19.3 Å². The average Bonchev–Trinajstić information content (AvgIpc) is 2.95. The van der Waals surface area contributed by atoms with Gasteiger partial charge in [0.2, 0.25) is 0 Å². The monoisotopic (exact) mass is 342 g/mol. The number of rotatable bonds is 10. The van der Waals surface area contributed by atoms with E-state index in [9.17, 15) is 9.59 Å². The molecule has 1 fully saturated rings. The molecule has 1 rings (SSSR count). The van der Waals surface area contributed by atoms with Crippen molar-refractivity contribution in [3.8, 4) is 0 Å². The molecule has 3 nitrogen and oxygen atoms in total. The summed E-state index contributed by atoms with van der Waals surface area (Å²) in [6.07, 6.45) is 12.0. The number of hydrogen-bond donors (Lipinski definition) is 1. The van der Waals surface area contributed by atoms with E-state index >= 15 is 0 Å². The number of hydrogen-bond acceptors (Lipinski definition) is 2. The smallest absolute Gasteiger partial charge is 0.303 e. The fourth-order valence-electron chi connectivity index (χ4n) is 3.12. The Morgan fingerprint density at radius 3 is 2.80 bits per heavy atom. The number of aliphatic carboxylic acids is 1. The first-order valence-electron chi connectivity index (χ1n) is 9.23. The molecule has 2 atom stereocenters. The number of Topliss-reactive ketones (excluding diaryl/α,β-unsaturated/α-hetero) is 1. The molecule has 136 valence electrons. The lowest BCUT2D eigenvalue weighted by Crippen LogP contribution is -2.16. The minimum Gasteiger partial charge on any atom is -0.481 e. The summed E-state index contributed by atoms with van der Waals surface area (Å²) in [5, 5.41) is 8.64. The largest absolute Gasteiger partial charge is 0.481 e. The Kier molecular flexibility index (Phi) is 9.62. The van der Waals surface area contributed by atoms with E-state index in [4.69, 9.17) is 5.11 Å². The Bertz CT molecular complexity index is 611. The van der Waals surface area contributed by atoms with Gasteiger partial charge in [0.05, 0.1) is 0 Å². The molecule has 0 saturated heterocycles. The van der Waals surface area contributed by atoms with Crippen molar-refractivity contribution in [2.45, 2.75) is 65.2 Å². The molecule has 1 aliphatic rings. The summed E-state index contributed by atoms with van der Waals surface area (Å²) >= 11 is 0. The van der Waals surface area contributed by atoms with Crippen LogP contribution in [0.25, 0.3) is 0 Å². The maximum absolute atomic E-state index is 12.3. The van der Waals surface area contributed by atoms with E-state index in [1.807, 2.05) is 25.2 Å². The van der Waals surface area contributed by atoms with Crippen molar-refractivity contribution >= 4 is 11.8 Å². The van der Waals surface area contributed by atoms with E-state index < -0.39 is 5.97 Å². The SMILES string of the molecule is C=C(/C=C/CCCC(=O)O)[C@H]1C(=O)CC[C@@H]1C(C)=C=C=CCCCC. The summed E-state index contributed by atoms with van der Waals surface area (Å²) in [4.78, 5) is 22.8. The van der Waals surface area contributed by atoms with Gasteiger partial charge in [-0.15, -0.1) is 0 Å². The van der Waals surface area contributed by atoms with Crippen molar-refractivity contribution < 1.29 is 14.7 Å². The quantitative estimate of drug-likeness (QED) is 0.329. The van der Waals surface area contributed by atoms with Crippen LogP contribution in [0.1, 0.15) is 65.2 Å². The molecule has 0 aromatic carbocycles. The Hall–Kier alpha value is -2.08. The third kappa shape index (κ3) is 7.56. The highest BCUT2D eigenvalue weighted by molar-refractivity contribution is 5.87. The van der Waals surface area contributed by atoms with Gasteiger partial charge in [0, 0.05) is 24.7 Å². The zero-order valence-corrected chi connectivity index (χ0v) is 15.5. The lowest BCUT2D eigenvalue weighted by atomic mass is 9.84. The van der Waals surface area contributed by atoms with E-state index in [1.165, 1.54) is 6.42 Å². The minimum atomic E-state index is -0.780. The molecule has 1 aliphatic carbocycles. The van der Waals surface area contributed by atoms with E-state index in [1.54, 1.807) is 0 Å². The first kappa shape index (κ1) is 21.0. The molecule has 0 bridgehead atoms. The van der Waals surface area contributed by atoms with Gasteiger partial charge in [-0.25, -0.2) is 0 Å². The van der Waals surface area contributed by atoms with Gasteiger partial charge in [-0.05, 0) is 56.3 Å². The van der Waals surface area contributed by atoms with Gasteiger partial charge >= 0.3 is 5.97 Å². The van der Waals surface area contributed by atoms with Gasteiger partial charge in [0.15, 0.2) is 0 Å². The molecule has 0 aromatic rings. The number of unbranched alkanes of at least 4 members (excludes halogenated alkanes) is 3. The molecule has 0 spiro atoms. The average molecular weight is 342 g/mol. The normalized spacial score (nSPS) is 19.5. The second-order valence-electron chi connectivity index (χ2n) is 6.65. The number of carbonyl (C=O) groups is 2. The highest BCUT2D eigenvalue weighted by Gasteiger charge is 2.36. The second-order valence-corrected chi connectivity index (χ2v) is 6.65. The molecule has 0 radical (unpaired) electrons. The zero-order chi connectivity index (χ0) is 18.7. The summed E-state index contributed by atoms with van der Waals surface area (Å²) in [7, 11) is 0. The fourth-order valence-corrected chi connectivity index (χ4v) is 3.12. The molecular weight excluding hydrogens is 312 g/mol. The van der Waals surface area contributed by atoms with Crippen LogP contribution < -0.4 is 0 Å². The first-order valence-corrected chi connectivity index (χ1v) is 9.23. The molecule has 3 heteroatoms. The van der Waals surface area contributed by atoms with Crippen molar-refractivity contribution in [2.24, 2.45) is 11.8 Å². The van der Waals surface area contributed by atoms with Crippen LogP contribution in [0, 0.1) is 11.8 Å². The third-order valence-electron chi connectivity index (χ3n) is 4.57. The van der Waals surface area contributed by atoms with Crippen LogP contribution in [-0.2, 0) is 9.59 Å². The summed E-state index contributed by atoms with van der Waals surface area (Å²) in [6.45, 7) is 8.26. The lowest BCUT2D eigenvalue weighted by molar-refractivity contribution is -0.137. The Balaban J connectivity index is 2.72. The summed E-state index contributed by atoms with van der Waals surface area (Å²) in [6, 6.07) is 0. The Morgan fingerprint density at radius 1 is 1.36 bits per heavy atom. The van der Waals surface area contributed by atoms with Gasteiger partial charge in [-0.3, -0.25) is 9.59 Å². The number of ketones is 1. The molecule has 0 heterocycles. The predicted octanol–water partition coefficient (Wildman–Crippen LogP) is 5.40. The third-order valence-corrected chi connectivity index (χ3v) is 4.57. The van der Waals surface area contributed by atoms with Crippen LogP contribution in [0.15, 0.2) is 47.4 Å². The minimum absolute atomic E-state index is 0.149. The summed E-state index contributed by atoms with van der Waals surface area (Å²) < 4.78 is 0. The maximum atomic E-state index is 12.3. The van der Waals surface area contributed by atoms with Crippen LogP contribution in [-0.4, -0.2) is 16.9 Å². The number of carboxylic acids is 1. The molecule has 1 saturated carbocycles. The number of carboxylic acid groups (broad SMARTS) is 1. The van der Waals surface area contributed by atoms with Crippen LogP contribution in [0.3, 0.4) is 0 Å². The summed E-state index contributed by atoms with van der Waals surface area (Å²) in [5.74, 6) is -0.574. The predicted molar refractivity (Wildman–Crippen MR) is 101 cm³/mol. The van der Waals surface area contributed by atoms with Crippen LogP contribution in [0.2, 0.25) is 0 Å². The Labute approximate surface area is 151 Å². The molecule has 0 aromatic heterocycles. The van der Waals surface area contributed by atoms with Crippen molar-refractivity contribution in [3.05, 3.63) is 47.4 Å².